The fourth-order valence-corrected chi connectivity index (χ4v) is 3.55. The van der Waals surface area contributed by atoms with Crippen molar-refractivity contribution >= 4 is 11.0 Å². The Morgan fingerprint density at radius 3 is 2.58 bits per heavy atom. The largest absolute Gasteiger partial charge is 0.492 e. The molecule has 1 unspecified atom stereocenters. The van der Waals surface area contributed by atoms with E-state index in [0.29, 0.717) is 6.61 Å². The van der Waals surface area contributed by atoms with Crippen LogP contribution in [0.5, 0.6) is 5.75 Å². The fraction of sp³-hybridized carbons (Fsp3) is 0.381. The van der Waals surface area contributed by atoms with Gasteiger partial charge in [-0.3, -0.25) is 4.90 Å². The van der Waals surface area contributed by atoms with Gasteiger partial charge in [-0.2, -0.15) is 0 Å². The van der Waals surface area contributed by atoms with Gasteiger partial charge in [-0.05, 0) is 31.2 Å². The van der Waals surface area contributed by atoms with E-state index in [1.807, 2.05) is 36.4 Å². The van der Waals surface area contributed by atoms with Crippen LogP contribution in [0.25, 0.3) is 11.0 Å². The van der Waals surface area contributed by atoms with E-state index < -0.39 is 0 Å². The van der Waals surface area contributed by atoms with Crippen LogP contribution >= 0.6 is 0 Å². The van der Waals surface area contributed by atoms with E-state index in [9.17, 15) is 0 Å². The van der Waals surface area contributed by atoms with E-state index in [1.54, 1.807) is 0 Å². The highest BCUT2D eigenvalue weighted by Crippen LogP contribution is 2.25. The van der Waals surface area contributed by atoms with Crippen molar-refractivity contribution in [2.24, 2.45) is 0 Å². The van der Waals surface area contributed by atoms with Gasteiger partial charge < -0.3 is 14.0 Å². The monoisotopic (exact) mass is 351 g/mol. The predicted octanol–water partition coefficient (Wildman–Crippen LogP) is 3.51. The number of morpholine rings is 1. The van der Waals surface area contributed by atoms with E-state index in [4.69, 9.17) is 14.5 Å². The zero-order valence-corrected chi connectivity index (χ0v) is 15.2. The van der Waals surface area contributed by atoms with Crippen LogP contribution in [-0.4, -0.2) is 47.4 Å². The summed E-state index contributed by atoms with van der Waals surface area (Å²) < 4.78 is 13.7. The third kappa shape index (κ3) is 3.59. The first-order chi connectivity index (χ1) is 12.8. The van der Waals surface area contributed by atoms with Crippen LogP contribution in [0.1, 0.15) is 18.8 Å². The molecule has 136 valence electrons. The standard InChI is InChI=1S/C21H25N3O2/c1-17(23-11-14-25-15-12-23)21-22-19-9-5-6-10-20(19)24(21)13-16-26-18-7-3-2-4-8-18/h2-10,17H,11-16H2,1H3. The van der Waals surface area contributed by atoms with E-state index >= 15 is 0 Å². The predicted molar refractivity (Wildman–Crippen MR) is 102 cm³/mol. The highest BCUT2D eigenvalue weighted by Gasteiger charge is 2.23. The first kappa shape index (κ1) is 17.1. The van der Waals surface area contributed by atoms with Crippen LogP contribution in [0, 0.1) is 0 Å². The zero-order chi connectivity index (χ0) is 17.8. The maximum atomic E-state index is 5.93. The summed E-state index contributed by atoms with van der Waals surface area (Å²) >= 11 is 0. The molecule has 5 heteroatoms. The van der Waals surface area contributed by atoms with E-state index in [0.717, 1.165) is 49.9 Å². The number of ether oxygens (including phenoxy) is 2. The SMILES string of the molecule is CC(c1nc2ccccc2n1CCOc1ccccc1)N1CCOCC1. The van der Waals surface area contributed by atoms with Gasteiger partial charge in [0.15, 0.2) is 0 Å². The minimum absolute atomic E-state index is 0.253. The van der Waals surface area contributed by atoms with Crippen molar-refractivity contribution in [3.8, 4) is 5.75 Å². The summed E-state index contributed by atoms with van der Waals surface area (Å²) in [6.45, 7) is 7.12. The minimum Gasteiger partial charge on any atom is -0.492 e. The van der Waals surface area contributed by atoms with Crippen molar-refractivity contribution < 1.29 is 9.47 Å². The third-order valence-electron chi connectivity index (χ3n) is 4.98. The van der Waals surface area contributed by atoms with Crippen molar-refractivity contribution in [3.05, 3.63) is 60.4 Å². The maximum absolute atomic E-state index is 5.93. The molecular formula is C21H25N3O2. The summed E-state index contributed by atoms with van der Waals surface area (Å²) in [7, 11) is 0. The molecule has 1 atom stereocenters. The molecular weight excluding hydrogens is 326 g/mol. The minimum atomic E-state index is 0.253. The Kier molecular flexibility index (Phi) is 5.18. The lowest BCUT2D eigenvalue weighted by atomic mass is 10.2. The number of aromatic nitrogens is 2. The van der Waals surface area contributed by atoms with E-state index in [2.05, 4.69) is 34.6 Å². The summed E-state index contributed by atoms with van der Waals surface area (Å²) in [6.07, 6.45) is 0. The van der Waals surface area contributed by atoms with Gasteiger partial charge in [-0.25, -0.2) is 4.98 Å². The molecule has 4 rings (SSSR count). The Morgan fingerprint density at radius 2 is 1.77 bits per heavy atom. The van der Waals surface area contributed by atoms with E-state index in [-0.39, 0.29) is 6.04 Å². The molecule has 1 aromatic heterocycles. The number of nitrogens with zero attached hydrogens (tertiary/aromatic N) is 3. The molecule has 1 aliphatic heterocycles. The smallest absolute Gasteiger partial charge is 0.127 e. The lowest BCUT2D eigenvalue weighted by molar-refractivity contribution is 0.0175. The molecule has 0 N–H and O–H groups in total. The first-order valence-corrected chi connectivity index (χ1v) is 9.28. The maximum Gasteiger partial charge on any atom is 0.127 e. The number of rotatable bonds is 6. The van der Waals surface area contributed by atoms with Gasteiger partial charge >= 0.3 is 0 Å². The molecule has 0 saturated carbocycles. The first-order valence-electron chi connectivity index (χ1n) is 9.28. The van der Waals surface area contributed by atoms with Gasteiger partial charge in [0.2, 0.25) is 0 Å². The Bertz CT molecular complexity index is 841. The number of imidazole rings is 1. The van der Waals surface area contributed by atoms with Crippen LogP contribution in [0.3, 0.4) is 0 Å². The van der Waals surface area contributed by atoms with Crippen LogP contribution in [0.15, 0.2) is 54.6 Å². The molecule has 0 radical (unpaired) electrons. The van der Waals surface area contributed by atoms with Gasteiger partial charge in [-0.15, -0.1) is 0 Å². The van der Waals surface area contributed by atoms with Gasteiger partial charge in [0.25, 0.3) is 0 Å². The van der Waals surface area contributed by atoms with Gasteiger partial charge in [-0.1, -0.05) is 30.3 Å². The number of benzene rings is 2. The van der Waals surface area contributed by atoms with Gasteiger partial charge in [0.05, 0.1) is 36.8 Å². The van der Waals surface area contributed by atoms with Crippen LogP contribution in [-0.2, 0) is 11.3 Å². The quantitative estimate of drug-likeness (QED) is 0.681. The summed E-state index contributed by atoms with van der Waals surface area (Å²) in [6, 6.07) is 18.6. The fourth-order valence-electron chi connectivity index (χ4n) is 3.55. The second kappa shape index (κ2) is 7.89. The Hall–Kier alpha value is -2.37. The Balaban J connectivity index is 1.57. The van der Waals surface area contributed by atoms with Crippen LogP contribution in [0.2, 0.25) is 0 Å². The number of hydrogen-bond acceptors (Lipinski definition) is 4. The van der Waals surface area contributed by atoms with Gasteiger partial charge in [0, 0.05) is 13.1 Å². The molecule has 0 bridgehead atoms. The van der Waals surface area contributed by atoms with Crippen LogP contribution < -0.4 is 4.74 Å². The highest BCUT2D eigenvalue weighted by molar-refractivity contribution is 5.76. The molecule has 2 heterocycles. The van der Waals surface area contributed by atoms with Crippen molar-refractivity contribution in [2.45, 2.75) is 19.5 Å². The number of fused-ring (bicyclic) bond motifs is 1. The van der Waals surface area contributed by atoms with Crippen molar-refractivity contribution in [2.75, 3.05) is 32.9 Å². The lowest BCUT2D eigenvalue weighted by Crippen LogP contribution is -2.39. The summed E-state index contributed by atoms with van der Waals surface area (Å²) in [5.74, 6) is 2.00. The molecule has 0 amide bonds. The molecule has 26 heavy (non-hydrogen) atoms. The average Bonchev–Trinajstić information content (AvgIpc) is 3.08. The molecule has 2 aromatic carbocycles. The Labute approximate surface area is 154 Å². The third-order valence-corrected chi connectivity index (χ3v) is 4.98. The second-order valence-corrected chi connectivity index (χ2v) is 6.60. The molecule has 1 aliphatic rings. The normalized spacial score (nSPS) is 16.7. The Morgan fingerprint density at radius 1 is 1.04 bits per heavy atom. The van der Waals surface area contributed by atoms with Crippen molar-refractivity contribution in [1.82, 2.24) is 14.5 Å². The number of hydrogen-bond donors (Lipinski definition) is 0. The highest BCUT2D eigenvalue weighted by atomic mass is 16.5. The van der Waals surface area contributed by atoms with Crippen LogP contribution in [0.4, 0.5) is 0 Å². The number of para-hydroxylation sites is 3. The summed E-state index contributed by atoms with van der Waals surface area (Å²) in [5, 5.41) is 0. The van der Waals surface area contributed by atoms with Crippen molar-refractivity contribution in [1.29, 1.82) is 0 Å². The second-order valence-electron chi connectivity index (χ2n) is 6.60. The topological polar surface area (TPSA) is 39.5 Å². The molecule has 1 saturated heterocycles. The zero-order valence-electron chi connectivity index (χ0n) is 15.2. The summed E-state index contributed by atoms with van der Waals surface area (Å²) in [4.78, 5) is 7.38. The average molecular weight is 351 g/mol. The molecule has 0 spiro atoms. The molecule has 1 fully saturated rings. The van der Waals surface area contributed by atoms with Crippen molar-refractivity contribution in [3.63, 3.8) is 0 Å². The molecule has 3 aromatic rings. The van der Waals surface area contributed by atoms with E-state index in [1.165, 1.54) is 5.52 Å². The molecule has 0 aliphatic carbocycles. The molecule has 5 nitrogen and oxygen atoms in total. The van der Waals surface area contributed by atoms with Gasteiger partial charge in [0.1, 0.15) is 18.2 Å². The summed E-state index contributed by atoms with van der Waals surface area (Å²) in [5.41, 5.74) is 2.21. The lowest BCUT2D eigenvalue weighted by Gasteiger charge is -2.32.